The van der Waals surface area contributed by atoms with Gasteiger partial charge in [0.05, 0.1) is 17.6 Å². The third kappa shape index (κ3) is 3.59. The van der Waals surface area contributed by atoms with Gasteiger partial charge < -0.3 is 10.1 Å². The van der Waals surface area contributed by atoms with Gasteiger partial charge in [-0.1, -0.05) is 27.5 Å². The molecule has 0 spiro atoms. The summed E-state index contributed by atoms with van der Waals surface area (Å²) in [5, 5.41) is 3.75. The zero-order valence-electron chi connectivity index (χ0n) is 11.4. The molecule has 0 aliphatic heterocycles. The normalized spacial score (nSPS) is 12.3. The highest BCUT2D eigenvalue weighted by molar-refractivity contribution is 9.10. The summed E-state index contributed by atoms with van der Waals surface area (Å²) in [6.45, 7) is 0. The summed E-state index contributed by atoms with van der Waals surface area (Å²) in [6.07, 6.45) is 0. The molecule has 2 rings (SSSR count). The van der Waals surface area contributed by atoms with Crippen LogP contribution in [0.3, 0.4) is 0 Å². The van der Waals surface area contributed by atoms with Gasteiger partial charge >= 0.3 is 0 Å². The topological polar surface area (TPSA) is 21.3 Å². The number of methoxy groups -OCH3 is 1. The molecule has 0 saturated carbocycles. The molecule has 0 aliphatic rings. The van der Waals surface area contributed by atoms with Crippen molar-refractivity contribution in [2.45, 2.75) is 6.04 Å². The molecule has 2 aromatic rings. The number of nitrogens with one attached hydrogen (secondary N) is 1. The van der Waals surface area contributed by atoms with Crippen LogP contribution in [0, 0.1) is 5.82 Å². The van der Waals surface area contributed by atoms with Crippen LogP contribution in [0.25, 0.3) is 0 Å². The van der Waals surface area contributed by atoms with Gasteiger partial charge in [-0.2, -0.15) is 0 Å². The molecule has 0 radical (unpaired) electrons. The van der Waals surface area contributed by atoms with E-state index in [1.54, 1.807) is 26.3 Å². The van der Waals surface area contributed by atoms with Gasteiger partial charge in [-0.3, -0.25) is 0 Å². The van der Waals surface area contributed by atoms with Crippen LogP contribution in [0.5, 0.6) is 5.75 Å². The Morgan fingerprint density at radius 1 is 1.14 bits per heavy atom. The first-order valence-electron chi connectivity index (χ1n) is 6.13. The lowest BCUT2D eigenvalue weighted by Crippen LogP contribution is -2.19. The van der Waals surface area contributed by atoms with Gasteiger partial charge in [0.1, 0.15) is 11.6 Å². The Kier molecular flexibility index (Phi) is 5.66. The van der Waals surface area contributed by atoms with Crippen molar-refractivity contribution in [3.63, 3.8) is 0 Å². The number of rotatable bonds is 4. The molecule has 21 heavy (non-hydrogen) atoms. The minimum Gasteiger partial charge on any atom is -0.495 e. The lowest BCUT2D eigenvalue weighted by molar-refractivity contribution is 0.402. The van der Waals surface area contributed by atoms with Crippen LogP contribution in [-0.4, -0.2) is 14.2 Å². The molecule has 2 aromatic carbocycles. The van der Waals surface area contributed by atoms with Crippen LogP contribution in [0.4, 0.5) is 4.39 Å². The fraction of sp³-hybridized carbons (Fsp3) is 0.200. The van der Waals surface area contributed by atoms with Crippen LogP contribution in [0.2, 0.25) is 5.02 Å². The number of hydrogen-bond donors (Lipinski definition) is 1. The first-order chi connectivity index (χ1) is 9.97. The van der Waals surface area contributed by atoms with Gasteiger partial charge in [0.25, 0.3) is 0 Å². The molecular formula is C15H13Br2ClFNO. The van der Waals surface area contributed by atoms with Gasteiger partial charge in [0, 0.05) is 15.1 Å². The lowest BCUT2D eigenvalue weighted by Gasteiger charge is -2.22. The molecule has 0 aliphatic carbocycles. The second-order valence-corrected chi connectivity index (χ2v) is 6.54. The van der Waals surface area contributed by atoms with Crippen molar-refractivity contribution in [2.24, 2.45) is 0 Å². The highest BCUT2D eigenvalue weighted by Crippen LogP contribution is 2.39. The van der Waals surface area contributed by atoms with Crippen LogP contribution in [0.1, 0.15) is 17.2 Å². The summed E-state index contributed by atoms with van der Waals surface area (Å²) in [5.41, 5.74) is 1.59. The second kappa shape index (κ2) is 7.09. The van der Waals surface area contributed by atoms with Crippen molar-refractivity contribution in [3.05, 3.63) is 61.2 Å². The van der Waals surface area contributed by atoms with Crippen LogP contribution < -0.4 is 10.1 Å². The molecule has 0 bridgehead atoms. The van der Waals surface area contributed by atoms with Crippen molar-refractivity contribution in [2.75, 3.05) is 14.2 Å². The van der Waals surface area contributed by atoms with Gasteiger partial charge in [-0.15, -0.1) is 0 Å². The van der Waals surface area contributed by atoms with E-state index >= 15 is 0 Å². The Labute approximate surface area is 144 Å². The smallest absolute Gasteiger partial charge is 0.138 e. The zero-order chi connectivity index (χ0) is 15.6. The Balaban J connectivity index is 2.64. The quantitative estimate of drug-likeness (QED) is 0.699. The maximum Gasteiger partial charge on any atom is 0.138 e. The summed E-state index contributed by atoms with van der Waals surface area (Å²) in [5.74, 6) is 0.364. The van der Waals surface area contributed by atoms with E-state index in [1.807, 2.05) is 6.07 Å². The Morgan fingerprint density at radius 2 is 1.86 bits per heavy atom. The minimum atomic E-state index is -0.298. The molecule has 6 heteroatoms. The monoisotopic (exact) mass is 435 g/mol. The van der Waals surface area contributed by atoms with Crippen molar-refractivity contribution < 1.29 is 9.13 Å². The molecule has 0 amide bonds. The van der Waals surface area contributed by atoms with E-state index in [4.69, 9.17) is 16.3 Å². The largest absolute Gasteiger partial charge is 0.495 e. The lowest BCUT2D eigenvalue weighted by atomic mass is 9.98. The number of ether oxygens (including phenoxy) is 1. The molecule has 1 N–H and O–H groups in total. The van der Waals surface area contributed by atoms with E-state index in [9.17, 15) is 4.39 Å². The number of halogens is 4. The van der Waals surface area contributed by atoms with Gasteiger partial charge in [0.15, 0.2) is 0 Å². The molecule has 0 aromatic heterocycles. The number of hydrogen-bond acceptors (Lipinski definition) is 2. The first-order valence-corrected chi connectivity index (χ1v) is 8.09. The molecule has 1 atom stereocenters. The molecule has 0 saturated heterocycles. The minimum absolute atomic E-state index is 0.264. The Morgan fingerprint density at radius 3 is 2.48 bits per heavy atom. The van der Waals surface area contributed by atoms with Crippen molar-refractivity contribution in [1.29, 1.82) is 0 Å². The maximum absolute atomic E-state index is 13.6. The van der Waals surface area contributed by atoms with E-state index in [-0.39, 0.29) is 11.9 Å². The van der Waals surface area contributed by atoms with E-state index in [1.165, 1.54) is 12.1 Å². The van der Waals surface area contributed by atoms with Crippen molar-refractivity contribution >= 4 is 43.5 Å². The van der Waals surface area contributed by atoms with Crippen LogP contribution >= 0.6 is 43.5 Å². The van der Waals surface area contributed by atoms with Crippen LogP contribution in [-0.2, 0) is 0 Å². The Hall–Kier alpha value is -0.620. The third-order valence-corrected chi connectivity index (χ3v) is 4.64. The highest BCUT2D eigenvalue weighted by atomic mass is 79.9. The fourth-order valence-corrected chi connectivity index (χ4v) is 3.70. The molecule has 2 nitrogen and oxygen atoms in total. The standard InChI is InChI=1S/C15H13Br2ClFNO/c1-20-14(10-7-9(19)3-4-12(10)16)11-5-8(18)6-13(17)15(11)21-2/h3-7,14,20H,1-2H3. The fourth-order valence-electron chi connectivity index (χ4n) is 2.22. The van der Waals surface area contributed by atoms with E-state index in [0.29, 0.717) is 10.8 Å². The van der Waals surface area contributed by atoms with E-state index in [0.717, 1.165) is 20.1 Å². The van der Waals surface area contributed by atoms with E-state index in [2.05, 4.69) is 37.2 Å². The predicted octanol–water partition coefficient (Wildman–Crippen LogP) is 5.32. The zero-order valence-corrected chi connectivity index (χ0v) is 15.3. The summed E-state index contributed by atoms with van der Waals surface area (Å²) < 4.78 is 20.6. The SMILES string of the molecule is CNC(c1cc(F)ccc1Br)c1cc(Cl)cc(Br)c1OC. The summed E-state index contributed by atoms with van der Waals surface area (Å²) in [4.78, 5) is 0. The van der Waals surface area contributed by atoms with Crippen molar-refractivity contribution in [3.8, 4) is 5.75 Å². The molecular weight excluding hydrogens is 424 g/mol. The van der Waals surface area contributed by atoms with E-state index < -0.39 is 0 Å². The molecule has 0 heterocycles. The molecule has 112 valence electrons. The number of benzene rings is 2. The maximum atomic E-state index is 13.6. The second-order valence-electron chi connectivity index (χ2n) is 4.40. The van der Waals surface area contributed by atoms with Gasteiger partial charge in [0.2, 0.25) is 0 Å². The molecule has 0 fully saturated rings. The summed E-state index contributed by atoms with van der Waals surface area (Å²) in [6, 6.07) is 7.88. The first kappa shape index (κ1) is 16.7. The Bertz CT molecular complexity index is 666. The van der Waals surface area contributed by atoms with Gasteiger partial charge in [-0.25, -0.2) is 4.39 Å². The van der Waals surface area contributed by atoms with Crippen molar-refractivity contribution in [1.82, 2.24) is 5.32 Å². The summed E-state index contributed by atoms with van der Waals surface area (Å²) >= 11 is 13.0. The molecule has 1 unspecified atom stereocenters. The van der Waals surface area contributed by atoms with Crippen LogP contribution in [0.15, 0.2) is 39.3 Å². The predicted molar refractivity (Wildman–Crippen MR) is 90.7 cm³/mol. The third-order valence-electron chi connectivity index (χ3n) is 3.11. The average molecular weight is 438 g/mol. The average Bonchev–Trinajstić information content (AvgIpc) is 2.43. The van der Waals surface area contributed by atoms with Gasteiger partial charge in [-0.05, 0) is 58.9 Å². The summed E-state index contributed by atoms with van der Waals surface area (Å²) in [7, 11) is 3.39. The highest BCUT2D eigenvalue weighted by Gasteiger charge is 2.22.